The van der Waals surface area contributed by atoms with Crippen LogP contribution in [0.5, 0.6) is 0 Å². The molecule has 0 aliphatic heterocycles. The lowest BCUT2D eigenvalue weighted by Gasteiger charge is -2.02. The lowest BCUT2D eigenvalue weighted by molar-refractivity contribution is 0.759. The maximum Gasteiger partial charge on any atom is 0.0297 e. The van der Waals surface area contributed by atoms with Gasteiger partial charge in [0, 0.05) is 6.04 Å². The van der Waals surface area contributed by atoms with E-state index >= 15 is 0 Å². The lowest BCUT2D eigenvalue weighted by atomic mass is 10.1. The van der Waals surface area contributed by atoms with Crippen LogP contribution in [0.1, 0.15) is 19.8 Å². The molecule has 2 N–H and O–H groups in total. The summed E-state index contributed by atoms with van der Waals surface area (Å²) in [6.07, 6.45) is 10.9. The minimum absolute atomic E-state index is 0.208. The van der Waals surface area contributed by atoms with E-state index in [1.54, 1.807) is 6.08 Å². The van der Waals surface area contributed by atoms with E-state index < -0.39 is 0 Å². The minimum Gasteiger partial charge on any atom is -0.324 e. The molecule has 1 aliphatic carbocycles. The van der Waals surface area contributed by atoms with Gasteiger partial charge in [-0.05, 0) is 37.5 Å². The van der Waals surface area contributed by atoms with Crippen LogP contribution < -0.4 is 5.73 Å². The van der Waals surface area contributed by atoms with Crippen LogP contribution in [0.2, 0.25) is 0 Å². The van der Waals surface area contributed by atoms with Crippen molar-refractivity contribution in [3.05, 3.63) is 23.3 Å². The van der Waals surface area contributed by atoms with E-state index in [9.17, 15) is 0 Å². The van der Waals surface area contributed by atoms with Crippen LogP contribution in [0.25, 0.3) is 0 Å². The van der Waals surface area contributed by atoms with Gasteiger partial charge in [0.25, 0.3) is 0 Å². The Morgan fingerprint density at radius 1 is 1.73 bits per heavy atom. The number of hydrogen-bond acceptors (Lipinski definition) is 1. The van der Waals surface area contributed by atoms with Crippen molar-refractivity contribution in [2.75, 3.05) is 0 Å². The van der Waals surface area contributed by atoms with E-state index in [0.717, 1.165) is 12.8 Å². The topological polar surface area (TPSA) is 26.0 Å². The zero-order chi connectivity index (χ0) is 8.27. The van der Waals surface area contributed by atoms with Gasteiger partial charge in [-0.1, -0.05) is 11.5 Å². The fourth-order valence-electron chi connectivity index (χ4n) is 1.39. The normalized spacial score (nSPS) is 24.6. The smallest absolute Gasteiger partial charge is 0.0297 e. The van der Waals surface area contributed by atoms with E-state index in [1.807, 2.05) is 6.08 Å². The average molecular weight is 147 g/mol. The first-order valence-electron chi connectivity index (χ1n) is 3.83. The highest BCUT2D eigenvalue weighted by Gasteiger charge is 2.16. The van der Waals surface area contributed by atoms with Gasteiger partial charge in [-0.15, -0.1) is 6.42 Å². The average Bonchev–Trinajstić information content (AvgIpc) is 2.29. The maximum absolute atomic E-state index is 5.83. The molecule has 0 fully saturated rings. The SMILES string of the molecule is C#C/C=C\C1=C(C)CCC1N. The Hall–Kier alpha value is -1.00. The third-order valence-corrected chi connectivity index (χ3v) is 2.08. The van der Waals surface area contributed by atoms with Gasteiger partial charge < -0.3 is 5.73 Å². The molecule has 0 aromatic heterocycles. The lowest BCUT2D eigenvalue weighted by Crippen LogP contribution is -2.17. The monoisotopic (exact) mass is 147 g/mol. The molecule has 1 rings (SSSR count). The molecule has 1 heteroatoms. The second-order valence-corrected chi connectivity index (χ2v) is 2.88. The number of terminal acetylenes is 1. The first-order valence-corrected chi connectivity index (χ1v) is 3.83. The Labute approximate surface area is 68.0 Å². The second kappa shape index (κ2) is 3.41. The summed E-state index contributed by atoms with van der Waals surface area (Å²) in [6.45, 7) is 2.11. The summed E-state index contributed by atoms with van der Waals surface area (Å²) in [6, 6.07) is 0.208. The summed E-state index contributed by atoms with van der Waals surface area (Å²) in [5.41, 5.74) is 8.44. The largest absolute Gasteiger partial charge is 0.324 e. The highest BCUT2D eigenvalue weighted by atomic mass is 14.6. The van der Waals surface area contributed by atoms with Gasteiger partial charge in [0.1, 0.15) is 0 Å². The van der Waals surface area contributed by atoms with Gasteiger partial charge in [0.05, 0.1) is 0 Å². The Bertz CT molecular complexity index is 240. The molecule has 11 heavy (non-hydrogen) atoms. The molecule has 0 aromatic carbocycles. The van der Waals surface area contributed by atoms with Crippen molar-refractivity contribution in [1.29, 1.82) is 0 Å². The highest BCUT2D eigenvalue weighted by Crippen LogP contribution is 2.25. The predicted molar refractivity (Wildman–Crippen MR) is 47.9 cm³/mol. The molecular formula is C10H13N. The van der Waals surface area contributed by atoms with Gasteiger partial charge in [0.2, 0.25) is 0 Å². The van der Waals surface area contributed by atoms with E-state index in [-0.39, 0.29) is 6.04 Å². The van der Waals surface area contributed by atoms with Gasteiger partial charge in [0.15, 0.2) is 0 Å². The Balaban J connectivity index is 2.77. The minimum atomic E-state index is 0.208. The molecule has 0 bridgehead atoms. The first-order chi connectivity index (χ1) is 5.25. The molecule has 0 saturated carbocycles. The molecule has 0 heterocycles. The Kier molecular flexibility index (Phi) is 2.51. The molecule has 0 spiro atoms. The second-order valence-electron chi connectivity index (χ2n) is 2.88. The molecule has 0 radical (unpaired) electrons. The summed E-state index contributed by atoms with van der Waals surface area (Å²) in [7, 11) is 0. The number of nitrogens with two attached hydrogens (primary N) is 1. The fourth-order valence-corrected chi connectivity index (χ4v) is 1.39. The quantitative estimate of drug-likeness (QED) is 0.560. The third-order valence-electron chi connectivity index (χ3n) is 2.08. The van der Waals surface area contributed by atoms with E-state index in [4.69, 9.17) is 12.2 Å². The summed E-state index contributed by atoms with van der Waals surface area (Å²) in [5, 5.41) is 0. The van der Waals surface area contributed by atoms with Crippen molar-refractivity contribution in [3.63, 3.8) is 0 Å². The van der Waals surface area contributed by atoms with Gasteiger partial charge in [-0.3, -0.25) is 0 Å². The maximum atomic E-state index is 5.83. The van der Waals surface area contributed by atoms with Crippen LogP contribution in [0.3, 0.4) is 0 Å². The Morgan fingerprint density at radius 3 is 2.91 bits per heavy atom. The molecule has 1 aliphatic rings. The highest BCUT2D eigenvalue weighted by molar-refractivity contribution is 5.36. The molecule has 0 saturated heterocycles. The van der Waals surface area contributed by atoms with Crippen LogP contribution in [-0.2, 0) is 0 Å². The zero-order valence-corrected chi connectivity index (χ0v) is 6.80. The summed E-state index contributed by atoms with van der Waals surface area (Å²) < 4.78 is 0. The van der Waals surface area contributed by atoms with Crippen molar-refractivity contribution in [1.82, 2.24) is 0 Å². The van der Waals surface area contributed by atoms with Crippen molar-refractivity contribution < 1.29 is 0 Å². The van der Waals surface area contributed by atoms with Crippen LogP contribution in [0.4, 0.5) is 0 Å². The Morgan fingerprint density at radius 2 is 2.45 bits per heavy atom. The van der Waals surface area contributed by atoms with Crippen molar-refractivity contribution in [2.45, 2.75) is 25.8 Å². The number of allylic oxidation sites excluding steroid dienone is 2. The predicted octanol–water partition coefficient (Wildman–Crippen LogP) is 1.61. The van der Waals surface area contributed by atoms with Crippen LogP contribution in [0, 0.1) is 12.3 Å². The van der Waals surface area contributed by atoms with Gasteiger partial charge >= 0.3 is 0 Å². The first kappa shape index (κ1) is 8.10. The molecule has 58 valence electrons. The summed E-state index contributed by atoms with van der Waals surface area (Å²) in [4.78, 5) is 0. The molecule has 0 aromatic rings. The summed E-state index contributed by atoms with van der Waals surface area (Å²) in [5.74, 6) is 2.47. The van der Waals surface area contributed by atoms with Crippen molar-refractivity contribution >= 4 is 0 Å². The van der Waals surface area contributed by atoms with Crippen LogP contribution in [-0.4, -0.2) is 6.04 Å². The van der Waals surface area contributed by atoms with E-state index in [0.29, 0.717) is 0 Å². The van der Waals surface area contributed by atoms with E-state index in [1.165, 1.54) is 11.1 Å². The molecule has 1 unspecified atom stereocenters. The number of hydrogen-bond donors (Lipinski definition) is 1. The molecule has 1 atom stereocenters. The summed E-state index contributed by atoms with van der Waals surface area (Å²) >= 11 is 0. The van der Waals surface area contributed by atoms with Crippen molar-refractivity contribution in [2.24, 2.45) is 5.73 Å². The fraction of sp³-hybridized carbons (Fsp3) is 0.400. The zero-order valence-electron chi connectivity index (χ0n) is 6.80. The van der Waals surface area contributed by atoms with Gasteiger partial charge in [-0.2, -0.15) is 0 Å². The van der Waals surface area contributed by atoms with Crippen molar-refractivity contribution in [3.8, 4) is 12.3 Å². The van der Waals surface area contributed by atoms with Gasteiger partial charge in [-0.25, -0.2) is 0 Å². The molecular weight excluding hydrogens is 134 g/mol. The molecule has 0 amide bonds. The standard InChI is InChI=1S/C10H13N/c1-3-4-5-9-8(2)6-7-10(9)11/h1,4-5,10H,6-7,11H2,2H3/b5-4-. The van der Waals surface area contributed by atoms with E-state index in [2.05, 4.69) is 12.8 Å². The molecule has 1 nitrogen and oxygen atoms in total. The number of rotatable bonds is 1. The van der Waals surface area contributed by atoms with Crippen LogP contribution in [0.15, 0.2) is 23.3 Å². The van der Waals surface area contributed by atoms with Crippen LogP contribution >= 0.6 is 0 Å². The third kappa shape index (κ3) is 1.72.